The standard InChI is InChI=1S/C118H118O8Si4/c1-89-69-105(73-109(119-5)115(89)123-127(77-93-45-21-9-22-46-93,78-94-47-23-10-24-48-94)79-95-49-25-11-26-50-95)113(106-70-90(2)116(110(74-106)120-6)124-128(80-96-51-27-12-28-52-96,81-97-53-29-13-30-54-97)82-98-55-31-14-32-56-98)114(107-71-91(3)117(111(75-107)121-7)125-129(83-99-57-33-15-34-58-99,84-100-59-35-16-36-60-100)85-101-61-37-17-38-62-101)108-72-92(4)118(112(76-108)122-8)126-130(86-102-63-39-18-40-64-102,87-103-65-41-19-42-66-103)88-104-67-43-20-44-68-104/h9-76,113-114H,77-88H2,1-8H3. The quantitative estimate of drug-likeness (QED) is 0.0351. The Labute approximate surface area is 774 Å². The zero-order chi connectivity index (χ0) is 89.5. The molecule has 0 amide bonds. The molecule has 0 saturated heterocycles. The SMILES string of the molecule is COc1cc(C(c2cc(C)c(O[Si](Cc3ccccc3)(Cc3ccccc3)Cc3ccccc3)c(OC)c2)C(c2cc(C)c(O[Si](Cc3ccccc3)(Cc3ccccc3)Cc3ccccc3)c(OC)c2)c2cc(C)c(O[Si](Cc3ccccc3)(Cc3ccccc3)Cc3ccccc3)c(OC)c2)cc(C)c1O[Si](Cc1ccccc1)(Cc1ccccc1)Cc1ccccc1. The van der Waals surface area contributed by atoms with E-state index < -0.39 is 45.1 Å². The van der Waals surface area contributed by atoms with Crippen molar-refractivity contribution < 1.29 is 36.7 Å². The first-order valence-corrected chi connectivity index (χ1v) is 55.7. The smallest absolute Gasteiger partial charge is 0.264 e. The minimum atomic E-state index is -3.06. The first-order chi connectivity index (χ1) is 63.6. The molecule has 0 fully saturated rings. The number of hydrogen-bond acceptors (Lipinski definition) is 8. The second-order valence-electron chi connectivity index (χ2n) is 35.5. The molecule has 0 heterocycles. The molecule has 16 aromatic carbocycles. The van der Waals surface area contributed by atoms with Gasteiger partial charge in [-0.1, -0.05) is 388 Å². The molecule has 130 heavy (non-hydrogen) atoms. The summed E-state index contributed by atoms with van der Waals surface area (Å²) in [6, 6.07) is 159. The topological polar surface area (TPSA) is 73.8 Å². The van der Waals surface area contributed by atoms with Crippen molar-refractivity contribution in [2.75, 3.05) is 28.4 Å². The van der Waals surface area contributed by atoms with Crippen molar-refractivity contribution >= 4 is 33.3 Å². The molecule has 0 aromatic heterocycles. The van der Waals surface area contributed by atoms with Crippen LogP contribution in [0.2, 0.25) is 0 Å². The summed E-state index contributed by atoms with van der Waals surface area (Å²) in [6.45, 7) is 8.85. The van der Waals surface area contributed by atoms with E-state index in [2.05, 4.69) is 440 Å². The van der Waals surface area contributed by atoms with E-state index in [4.69, 9.17) is 36.7 Å². The molecule has 0 saturated carbocycles. The molecular formula is C118H118O8Si4. The lowest BCUT2D eigenvalue weighted by molar-refractivity contribution is 0.383. The zero-order valence-electron chi connectivity index (χ0n) is 76.2. The Morgan fingerprint density at radius 2 is 0.285 bits per heavy atom. The molecule has 0 atom stereocenters. The van der Waals surface area contributed by atoms with Crippen molar-refractivity contribution in [1.82, 2.24) is 0 Å². The summed E-state index contributed by atoms with van der Waals surface area (Å²) in [5.41, 5.74) is 22.4. The summed E-state index contributed by atoms with van der Waals surface area (Å²) >= 11 is 0. The molecule has 12 heteroatoms. The van der Waals surface area contributed by atoms with Crippen LogP contribution in [0, 0.1) is 27.7 Å². The molecule has 8 nitrogen and oxygen atoms in total. The first-order valence-electron chi connectivity index (χ1n) is 45.6. The van der Waals surface area contributed by atoms with Gasteiger partial charge in [-0.15, -0.1) is 0 Å². The Morgan fingerprint density at radius 1 is 0.169 bits per heavy atom. The van der Waals surface area contributed by atoms with E-state index in [1.165, 1.54) is 66.8 Å². The largest absolute Gasteiger partial charge is 0.540 e. The van der Waals surface area contributed by atoms with Crippen LogP contribution in [0.25, 0.3) is 0 Å². The summed E-state index contributed by atoms with van der Waals surface area (Å²) in [6.07, 6.45) is 0. The molecular weight excluding hydrogens is 1660 g/mol. The van der Waals surface area contributed by atoms with E-state index in [-0.39, 0.29) is 0 Å². The molecule has 16 rings (SSSR count). The Morgan fingerprint density at radius 3 is 0.392 bits per heavy atom. The maximum absolute atomic E-state index is 8.23. The van der Waals surface area contributed by atoms with Crippen LogP contribution in [-0.4, -0.2) is 61.7 Å². The lowest BCUT2D eigenvalue weighted by Crippen LogP contribution is -2.50. The Bertz CT molecular complexity index is 5100. The second-order valence-corrected chi connectivity index (χ2v) is 50.0. The minimum Gasteiger partial charge on any atom is -0.540 e. The average Bonchev–Trinajstić information content (AvgIpc) is 0.724. The van der Waals surface area contributed by atoms with Gasteiger partial charge in [0, 0.05) is 84.4 Å². The third-order valence-electron chi connectivity index (χ3n) is 25.4. The van der Waals surface area contributed by atoms with E-state index in [1.807, 2.05) is 0 Å². The number of rotatable bonds is 41. The van der Waals surface area contributed by atoms with Crippen LogP contribution in [0.5, 0.6) is 46.0 Å². The molecule has 0 N–H and O–H groups in total. The van der Waals surface area contributed by atoms with Gasteiger partial charge < -0.3 is 36.7 Å². The van der Waals surface area contributed by atoms with Crippen molar-refractivity contribution in [1.29, 1.82) is 0 Å². The van der Waals surface area contributed by atoms with E-state index in [1.54, 1.807) is 28.4 Å². The number of methoxy groups -OCH3 is 4. The lowest BCUT2D eigenvalue weighted by atomic mass is 9.72. The maximum Gasteiger partial charge on any atom is 0.264 e. The van der Waals surface area contributed by atoms with Crippen LogP contribution < -0.4 is 36.7 Å². The Kier molecular flexibility index (Phi) is 29.7. The third kappa shape index (κ3) is 22.9. The fraction of sp³-hybridized carbons (Fsp3) is 0.186. The Balaban J connectivity index is 0.953. The van der Waals surface area contributed by atoms with Crippen LogP contribution >= 0.6 is 0 Å². The van der Waals surface area contributed by atoms with Crippen LogP contribution in [-0.2, 0) is 72.5 Å². The average molecular weight is 1780 g/mol. The van der Waals surface area contributed by atoms with E-state index in [0.717, 1.165) is 140 Å². The van der Waals surface area contributed by atoms with Crippen LogP contribution in [0.3, 0.4) is 0 Å². The van der Waals surface area contributed by atoms with Crippen molar-refractivity contribution in [3.05, 3.63) is 524 Å². The molecule has 0 bridgehead atoms. The van der Waals surface area contributed by atoms with Crippen molar-refractivity contribution in [2.45, 2.75) is 112 Å². The van der Waals surface area contributed by atoms with Gasteiger partial charge in [-0.05, 0) is 163 Å². The monoisotopic (exact) mass is 1770 g/mol. The highest BCUT2D eigenvalue weighted by atomic mass is 28.4. The van der Waals surface area contributed by atoms with Gasteiger partial charge in [0.15, 0.2) is 23.0 Å². The van der Waals surface area contributed by atoms with Gasteiger partial charge in [0.2, 0.25) is 0 Å². The van der Waals surface area contributed by atoms with Gasteiger partial charge >= 0.3 is 0 Å². The predicted molar refractivity (Wildman–Crippen MR) is 542 cm³/mol. The fourth-order valence-electron chi connectivity index (χ4n) is 19.7. The fourth-order valence-corrected chi connectivity index (χ4v) is 36.6. The molecule has 0 aliphatic heterocycles. The maximum atomic E-state index is 8.23. The molecule has 0 spiro atoms. The first kappa shape index (κ1) is 90.2. The number of aryl methyl sites for hydroxylation is 4. The molecule has 16 aromatic rings. The van der Waals surface area contributed by atoms with Gasteiger partial charge in [-0.2, -0.15) is 0 Å². The van der Waals surface area contributed by atoms with E-state index in [9.17, 15) is 0 Å². The van der Waals surface area contributed by atoms with Gasteiger partial charge in [0.25, 0.3) is 33.3 Å². The van der Waals surface area contributed by atoms with Gasteiger partial charge in [0.05, 0.1) is 28.4 Å². The van der Waals surface area contributed by atoms with E-state index in [0.29, 0.717) is 23.0 Å². The third-order valence-corrected chi connectivity index (χ3v) is 40.6. The van der Waals surface area contributed by atoms with Crippen molar-refractivity contribution in [3.63, 3.8) is 0 Å². The summed E-state index contributed by atoms with van der Waals surface area (Å²) < 4.78 is 61.0. The lowest BCUT2D eigenvalue weighted by Gasteiger charge is -2.37. The van der Waals surface area contributed by atoms with Crippen LogP contribution in [0.1, 0.15) is 123 Å². The van der Waals surface area contributed by atoms with Crippen LogP contribution in [0.4, 0.5) is 0 Å². The van der Waals surface area contributed by atoms with E-state index >= 15 is 0 Å². The highest BCUT2D eigenvalue weighted by Gasteiger charge is 2.46. The Hall–Kier alpha value is -13.2. The highest BCUT2D eigenvalue weighted by Crippen LogP contribution is 2.53. The van der Waals surface area contributed by atoms with Gasteiger partial charge in [0.1, 0.15) is 23.0 Å². The van der Waals surface area contributed by atoms with Crippen LogP contribution in [0.15, 0.2) is 413 Å². The second kappa shape index (κ2) is 42.8. The van der Waals surface area contributed by atoms with Gasteiger partial charge in [-0.3, -0.25) is 0 Å². The highest BCUT2D eigenvalue weighted by molar-refractivity contribution is 6.74. The molecule has 0 aliphatic carbocycles. The molecule has 0 unspecified atom stereocenters. The predicted octanol–water partition coefficient (Wildman–Crippen LogP) is 26.6. The van der Waals surface area contributed by atoms with Crippen molar-refractivity contribution in [2.24, 2.45) is 0 Å². The van der Waals surface area contributed by atoms with Crippen molar-refractivity contribution in [3.8, 4) is 46.0 Å². The summed E-state index contributed by atoms with van der Waals surface area (Å²) in [5.74, 6) is 4.34. The molecule has 654 valence electrons. The zero-order valence-corrected chi connectivity index (χ0v) is 80.2. The number of ether oxygens (including phenoxy) is 4. The number of hydrogen-bond donors (Lipinski definition) is 0. The molecule has 0 radical (unpaired) electrons. The minimum absolute atomic E-state index is 0.555. The summed E-state index contributed by atoms with van der Waals surface area (Å²) in [7, 11) is -5.04. The summed E-state index contributed by atoms with van der Waals surface area (Å²) in [5, 5.41) is 0. The molecule has 0 aliphatic rings. The normalized spacial score (nSPS) is 11.7. The van der Waals surface area contributed by atoms with Gasteiger partial charge in [-0.25, -0.2) is 0 Å². The number of benzene rings is 16. The summed E-state index contributed by atoms with van der Waals surface area (Å²) in [4.78, 5) is 0.